The maximum Gasteiger partial charge on any atom is 0.254 e. The van der Waals surface area contributed by atoms with Crippen LogP contribution in [0.2, 0.25) is 0 Å². The molecule has 1 unspecified atom stereocenters. The highest BCUT2D eigenvalue weighted by molar-refractivity contribution is 6.03. The molecule has 0 aliphatic carbocycles. The molecule has 0 aliphatic rings. The molecule has 0 aliphatic heterocycles. The molecule has 0 aromatic rings. The van der Waals surface area contributed by atoms with E-state index in [1.807, 2.05) is 0 Å². The first kappa shape index (κ1) is 26.6. The van der Waals surface area contributed by atoms with E-state index in [9.17, 15) is 9.59 Å². The lowest BCUT2D eigenvalue weighted by molar-refractivity contribution is -0.137. The summed E-state index contributed by atoms with van der Waals surface area (Å²) in [5, 5.41) is 9.13. The van der Waals surface area contributed by atoms with Gasteiger partial charge in [0.1, 0.15) is 0 Å². The van der Waals surface area contributed by atoms with Crippen LogP contribution in [0, 0.1) is 0 Å². The molecule has 0 radical (unpaired) electrons. The number of primary amides is 1. The minimum atomic E-state index is -1.61. The summed E-state index contributed by atoms with van der Waals surface area (Å²) in [5.41, 5.74) is 4.86. The molecule has 0 aromatic carbocycles. The van der Waals surface area contributed by atoms with Crippen LogP contribution >= 0.6 is 24.8 Å². The minimum absolute atomic E-state index is 0. The number of aliphatic hydroxyl groups is 1. The predicted octanol–water partition coefficient (Wildman–Crippen LogP) is 3.95. The fourth-order valence-electron chi connectivity index (χ4n) is 2.26. The summed E-state index contributed by atoms with van der Waals surface area (Å²) in [6.45, 7) is 2.23. The third-order valence-corrected chi connectivity index (χ3v) is 3.60. The number of hydrogen-bond donors (Lipinski definition) is 2. The molecule has 0 saturated heterocycles. The third kappa shape index (κ3) is 16.1. The molecular weight excluding hydrogens is 325 g/mol. The molecule has 0 spiro atoms. The first-order valence-corrected chi connectivity index (χ1v) is 8.09. The van der Waals surface area contributed by atoms with Crippen LogP contribution in [0.3, 0.4) is 0 Å². The van der Waals surface area contributed by atoms with E-state index in [1.54, 1.807) is 0 Å². The van der Waals surface area contributed by atoms with Crippen molar-refractivity contribution in [2.24, 2.45) is 5.73 Å². The van der Waals surface area contributed by atoms with E-state index in [0.717, 1.165) is 19.3 Å². The molecule has 4 nitrogen and oxygen atoms in total. The van der Waals surface area contributed by atoms with Crippen molar-refractivity contribution >= 4 is 36.5 Å². The Bertz CT molecular complexity index is 276. The fraction of sp³-hybridized carbons (Fsp3) is 0.875. The van der Waals surface area contributed by atoms with Gasteiger partial charge in [-0.25, -0.2) is 0 Å². The van der Waals surface area contributed by atoms with Gasteiger partial charge in [0, 0.05) is 6.42 Å². The van der Waals surface area contributed by atoms with E-state index in [2.05, 4.69) is 6.92 Å². The summed E-state index contributed by atoms with van der Waals surface area (Å²) >= 11 is 0. The average Bonchev–Trinajstić information content (AvgIpc) is 2.43. The summed E-state index contributed by atoms with van der Waals surface area (Å²) in [4.78, 5) is 21.9. The van der Waals surface area contributed by atoms with Gasteiger partial charge in [-0.05, 0) is 6.42 Å². The van der Waals surface area contributed by atoms with Gasteiger partial charge in [0.2, 0.25) is 0 Å². The zero-order chi connectivity index (χ0) is 15.2. The van der Waals surface area contributed by atoms with Gasteiger partial charge < -0.3 is 10.8 Å². The Labute approximate surface area is 147 Å². The second-order valence-electron chi connectivity index (χ2n) is 5.56. The lowest BCUT2D eigenvalue weighted by atomic mass is 10.0. The quantitative estimate of drug-likeness (QED) is 0.364. The Balaban J connectivity index is -0.00000180. The van der Waals surface area contributed by atoms with Crippen LogP contribution < -0.4 is 5.73 Å². The summed E-state index contributed by atoms with van der Waals surface area (Å²) in [5.74, 6) is -1.40. The molecule has 22 heavy (non-hydrogen) atoms. The highest BCUT2D eigenvalue weighted by Gasteiger charge is 2.19. The molecule has 1 amide bonds. The second-order valence-corrected chi connectivity index (χ2v) is 5.56. The van der Waals surface area contributed by atoms with Crippen LogP contribution in [-0.2, 0) is 9.59 Å². The Hall–Kier alpha value is -0.320. The Morgan fingerprint density at radius 3 is 1.55 bits per heavy atom. The number of carbonyl (C=O) groups excluding carboxylic acids is 2. The van der Waals surface area contributed by atoms with Crippen LogP contribution in [-0.4, -0.2) is 22.9 Å². The fourth-order valence-corrected chi connectivity index (χ4v) is 2.26. The van der Waals surface area contributed by atoms with E-state index in [4.69, 9.17) is 10.8 Å². The van der Waals surface area contributed by atoms with Crippen molar-refractivity contribution in [1.82, 2.24) is 0 Å². The van der Waals surface area contributed by atoms with Crippen LogP contribution in [0.4, 0.5) is 0 Å². The number of ketones is 1. The van der Waals surface area contributed by atoms with Gasteiger partial charge in [0.25, 0.3) is 5.91 Å². The molecule has 134 valence electrons. The zero-order valence-corrected chi connectivity index (χ0v) is 15.4. The van der Waals surface area contributed by atoms with Gasteiger partial charge in [0.05, 0.1) is 0 Å². The topological polar surface area (TPSA) is 80.4 Å². The summed E-state index contributed by atoms with van der Waals surface area (Å²) < 4.78 is 0. The summed E-state index contributed by atoms with van der Waals surface area (Å²) in [7, 11) is 0. The highest BCUT2D eigenvalue weighted by Crippen LogP contribution is 2.12. The van der Waals surface area contributed by atoms with E-state index in [-0.39, 0.29) is 31.2 Å². The van der Waals surface area contributed by atoms with E-state index >= 15 is 0 Å². The zero-order valence-electron chi connectivity index (χ0n) is 13.7. The van der Waals surface area contributed by atoms with Crippen LogP contribution in [0.1, 0.15) is 84.0 Å². The van der Waals surface area contributed by atoms with Crippen LogP contribution in [0.25, 0.3) is 0 Å². The number of aliphatic hydroxyl groups excluding tert-OH is 1. The van der Waals surface area contributed by atoms with Crippen molar-refractivity contribution in [3.05, 3.63) is 0 Å². The molecule has 3 N–H and O–H groups in total. The third-order valence-electron chi connectivity index (χ3n) is 3.60. The highest BCUT2D eigenvalue weighted by atomic mass is 35.5. The van der Waals surface area contributed by atoms with E-state index < -0.39 is 17.8 Å². The number of unbranched alkanes of at least 4 members (excludes halogenated alkanes) is 10. The number of nitrogens with two attached hydrogens (primary N) is 1. The first-order chi connectivity index (χ1) is 9.59. The number of carbonyl (C=O) groups is 2. The van der Waals surface area contributed by atoms with Crippen molar-refractivity contribution in [3.63, 3.8) is 0 Å². The number of hydrogen-bond acceptors (Lipinski definition) is 3. The standard InChI is InChI=1S/C16H31NO3.2ClH/c1-2-3-4-5-6-7-8-9-10-11-12-13-14(18)15(19)16(17)20;;/h15,19H,2-13H2,1H3,(H2,17,20);2*1H. The Morgan fingerprint density at radius 1 is 0.818 bits per heavy atom. The van der Waals surface area contributed by atoms with Crippen molar-refractivity contribution < 1.29 is 14.7 Å². The molecule has 0 rings (SSSR count). The van der Waals surface area contributed by atoms with Gasteiger partial charge in [-0.3, -0.25) is 9.59 Å². The van der Waals surface area contributed by atoms with Crippen molar-refractivity contribution in [1.29, 1.82) is 0 Å². The molecule has 0 bridgehead atoms. The number of rotatable bonds is 14. The van der Waals surface area contributed by atoms with Gasteiger partial charge in [-0.1, -0.05) is 71.1 Å². The molecule has 0 saturated carbocycles. The lowest BCUT2D eigenvalue weighted by Crippen LogP contribution is -2.35. The smallest absolute Gasteiger partial charge is 0.254 e. The van der Waals surface area contributed by atoms with E-state index in [0.29, 0.717) is 0 Å². The largest absolute Gasteiger partial charge is 0.376 e. The van der Waals surface area contributed by atoms with Gasteiger partial charge >= 0.3 is 0 Å². The summed E-state index contributed by atoms with van der Waals surface area (Å²) in [6, 6.07) is 0. The minimum Gasteiger partial charge on any atom is -0.376 e. The molecule has 1 atom stereocenters. The monoisotopic (exact) mass is 357 g/mol. The average molecular weight is 358 g/mol. The van der Waals surface area contributed by atoms with Crippen molar-refractivity contribution in [2.75, 3.05) is 0 Å². The second kappa shape index (κ2) is 18.7. The molecule has 6 heteroatoms. The SMILES string of the molecule is CCCCCCCCCCCCCC(=O)C(O)C(N)=O.Cl.Cl. The first-order valence-electron chi connectivity index (χ1n) is 8.09. The number of Topliss-reactive ketones (excluding diaryl/α,β-unsaturated/α-hetero) is 1. The predicted molar refractivity (Wildman–Crippen MR) is 95.8 cm³/mol. The van der Waals surface area contributed by atoms with Gasteiger partial charge in [-0.2, -0.15) is 0 Å². The molecule has 0 heterocycles. The summed E-state index contributed by atoms with van der Waals surface area (Å²) in [6.07, 6.45) is 12.0. The van der Waals surface area contributed by atoms with Crippen LogP contribution in [0.5, 0.6) is 0 Å². The van der Waals surface area contributed by atoms with Crippen LogP contribution in [0.15, 0.2) is 0 Å². The molecular formula is C16H33Cl2NO3. The van der Waals surface area contributed by atoms with Gasteiger partial charge in [0.15, 0.2) is 11.9 Å². The molecule has 0 aromatic heterocycles. The molecule has 0 fully saturated rings. The maximum atomic E-state index is 11.3. The Morgan fingerprint density at radius 2 is 1.18 bits per heavy atom. The normalized spacial score (nSPS) is 11.2. The number of amides is 1. The van der Waals surface area contributed by atoms with Gasteiger partial charge in [-0.15, -0.1) is 24.8 Å². The lowest BCUT2D eigenvalue weighted by Gasteiger charge is -2.05. The van der Waals surface area contributed by atoms with Crippen molar-refractivity contribution in [3.8, 4) is 0 Å². The van der Waals surface area contributed by atoms with Crippen molar-refractivity contribution in [2.45, 2.75) is 90.1 Å². The number of halogens is 2. The van der Waals surface area contributed by atoms with E-state index in [1.165, 1.54) is 51.4 Å². The Kier molecular flexibility index (Phi) is 22.6. The maximum absolute atomic E-state index is 11.3.